The third kappa shape index (κ3) is 2.31. The van der Waals surface area contributed by atoms with Gasteiger partial charge in [-0.05, 0) is 37.6 Å². The lowest BCUT2D eigenvalue weighted by Gasteiger charge is -2.22. The molecule has 0 aliphatic carbocycles. The molecule has 2 aromatic rings. The second kappa shape index (κ2) is 4.97. The van der Waals surface area contributed by atoms with E-state index in [9.17, 15) is 9.18 Å². The molecule has 5 nitrogen and oxygen atoms in total. The van der Waals surface area contributed by atoms with E-state index in [2.05, 4.69) is 15.5 Å². The van der Waals surface area contributed by atoms with E-state index in [0.29, 0.717) is 11.5 Å². The minimum Gasteiger partial charge on any atom is -0.316 e. The van der Waals surface area contributed by atoms with Crippen molar-refractivity contribution in [1.82, 2.24) is 20.1 Å². The maximum atomic E-state index is 13.3. The number of aromatic amines is 1. The molecule has 0 amide bonds. The zero-order valence-electron chi connectivity index (χ0n) is 10.4. The molecule has 2 N–H and O–H groups in total. The maximum Gasteiger partial charge on any atom is 0.347 e. The first-order valence-electron chi connectivity index (χ1n) is 6.39. The molecule has 3 rings (SSSR count). The Kier molecular flexibility index (Phi) is 3.16. The molecule has 0 bridgehead atoms. The SMILES string of the molecule is O=c1[nH]nc(C2CCCNC2)n1-c1cccc(F)c1. The summed E-state index contributed by atoms with van der Waals surface area (Å²) in [5, 5.41) is 9.86. The highest BCUT2D eigenvalue weighted by atomic mass is 19.1. The van der Waals surface area contributed by atoms with Gasteiger partial charge in [-0.25, -0.2) is 18.9 Å². The summed E-state index contributed by atoms with van der Waals surface area (Å²) in [7, 11) is 0. The molecule has 1 fully saturated rings. The summed E-state index contributed by atoms with van der Waals surface area (Å²) in [6.07, 6.45) is 2.03. The number of rotatable bonds is 2. The fourth-order valence-corrected chi connectivity index (χ4v) is 2.52. The van der Waals surface area contributed by atoms with Crippen LogP contribution in [0.3, 0.4) is 0 Å². The number of nitrogens with zero attached hydrogens (tertiary/aromatic N) is 2. The minimum absolute atomic E-state index is 0.177. The molecule has 1 aromatic heterocycles. The van der Waals surface area contributed by atoms with Crippen LogP contribution in [0.15, 0.2) is 29.1 Å². The van der Waals surface area contributed by atoms with Gasteiger partial charge in [-0.3, -0.25) is 0 Å². The largest absolute Gasteiger partial charge is 0.347 e. The topological polar surface area (TPSA) is 62.7 Å². The van der Waals surface area contributed by atoms with Crippen molar-refractivity contribution in [1.29, 1.82) is 0 Å². The lowest BCUT2D eigenvalue weighted by atomic mass is 9.99. The number of piperidine rings is 1. The highest BCUT2D eigenvalue weighted by Crippen LogP contribution is 2.22. The van der Waals surface area contributed by atoms with E-state index in [1.165, 1.54) is 16.7 Å². The smallest absolute Gasteiger partial charge is 0.316 e. The lowest BCUT2D eigenvalue weighted by Crippen LogP contribution is -2.31. The van der Waals surface area contributed by atoms with Gasteiger partial charge >= 0.3 is 5.69 Å². The summed E-state index contributed by atoms with van der Waals surface area (Å²) in [5.74, 6) is 0.483. The molecule has 1 saturated heterocycles. The van der Waals surface area contributed by atoms with E-state index in [0.717, 1.165) is 25.9 Å². The monoisotopic (exact) mass is 262 g/mol. The zero-order valence-corrected chi connectivity index (χ0v) is 10.4. The first-order valence-corrected chi connectivity index (χ1v) is 6.39. The highest BCUT2D eigenvalue weighted by Gasteiger charge is 2.22. The van der Waals surface area contributed by atoms with Crippen LogP contribution in [-0.4, -0.2) is 27.9 Å². The molecule has 100 valence electrons. The molecule has 6 heteroatoms. The van der Waals surface area contributed by atoms with Crippen LogP contribution in [-0.2, 0) is 0 Å². The highest BCUT2D eigenvalue weighted by molar-refractivity contribution is 5.33. The molecule has 0 spiro atoms. The maximum absolute atomic E-state index is 13.3. The molecular weight excluding hydrogens is 247 g/mol. The van der Waals surface area contributed by atoms with Crippen LogP contribution >= 0.6 is 0 Å². The second-order valence-electron chi connectivity index (χ2n) is 4.75. The van der Waals surface area contributed by atoms with Gasteiger partial charge in [0.05, 0.1) is 5.69 Å². The minimum atomic E-state index is -0.363. The van der Waals surface area contributed by atoms with E-state index in [1.807, 2.05) is 0 Å². The molecule has 1 aromatic carbocycles. The van der Waals surface area contributed by atoms with E-state index in [4.69, 9.17) is 0 Å². The number of hydrogen-bond donors (Lipinski definition) is 2. The van der Waals surface area contributed by atoms with Crippen LogP contribution in [0.2, 0.25) is 0 Å². The Morgan fingerprint density at radius 1 is 1.42 bits per heavy atom. The molecular formula is C13H15FN4O. The fourth-order valence-electron chi connectivity index (χ4n) is 2.52. The Morgan fingerprint density at radius 2 is 2.32 bits per heavy atom. The molecule has 1 unspecified atom stereocenters. The van der Waals surface area contributed by atoms with Crippen LogP contribution in [0.4, 0.5) is 4.39 Å². The van der Waals surface area contributed by atoms with Gasteiger partial charge in [0.15, 0.2) is 0 Å². The van der Waals surface area contributed by atoms with Crippen LogP contribution in [0, 0.1) is 5.82 Å². The Balaban J connectivity index is 2.05. The van der Waals surface area contributed by atoms with Gasteiger partial charge in [0, 0.05) is 12.5 Å². The molecule has 0 radical (unpaired) electrons. The predicted octanol–water partition coefficient (Wildman–Crippen LogP) is 1.17. The summed E-state index contributed by atoms with van der Waals surface area (Å²) in [5.41, 5.74) is 0.186. The number of benzene rings is 1. The van der Waals surface area contributed by atoms with E-state index in [1.54, 1.807) is 12.1 Å². The van der Waals surface area contributed by atoms with E-state index >= 15 is 0 Å². The number of hydrogen-bond acceptors (Lipinski definition) is 3. The van der Waals surface area contributed by atoms with Crippen molar-refractivity contribution in [2.24, 2.45) is 0 Å². The Bertz CT molecular complexity index is 628. The molecule has 0 saturated carbocycles. The molecule has 1 atom stereocenters. The van der Waals surface area contributed by atoms with Crippen molar-refractivity contribution < 1.29 is 4.39 Å². The van der Waals surface area contributed by atoms with Crippen molar-refractivity contribution in [2.75, 3.05) is 13.1 Å². The van der Waals surface area contributed by atoms with Crippen LogP contribution < -0.4 is 11.0 Å². The van der Waals surface area contributed by atoms with E-state index < -0.39 is 0 Å². The van der Waals surface area contributed by atoms with Gasteiger partial charge in [-0.15, -0.1) is 0 Å². The summed E-state index contributed by atoms with van der Waals surface area (Å²) < 4.78 is 14.8. The van der Waals surface area contributed by atoms with Crippen LogP contribution in [0.1, 0.15) is 24.6 Å². The number of nitrogens with one attached hydrogen (secondary N) is 2. The van der Waals surface area contributed by atoms with Gasteiger partial charge in [-0.2, -0.15) is 5.10 Å². The van der Waals surface area contributed by atoms with Crippen molar-refractivity contribution in [3.05, 3.63) is 46.4 Å². The first-order chi connectivity index (χ1) is 9.25. The van der Waals surface area contributed by atoms with Gasteiger partial charge < -0.3 is 5.32 Å². The average Bonchev–Trinajstić information content (AvgIpc) is 2.82. The van der Waals surface area contributed by atoms with Gasteiger partial charge in [0.25, 0.3) is 0 Å². The molecule has 1 aliphatic rings. The van der Waals surface area contributed by atoms with Crippen molar-refractivity contribution in [3.63, 3.8) is 0 Å². The Hall–Kier alpha value is -1.95. The first kappa shape index (κ1) is 12.1. The lowest BCUT2D eigenvalue weighted by molar-refractivity contribution is 0.442. The number of H-pyrrole nitrogens is 1. The van der Waals surface area contributed by atoms with Gasteiger partial charge in [-0.1, -0.05) is 6.07 Å². The third-order valence-corrected chi connectivity index (χ3v) is 3.43. The summed E-state index contributed by atoms with van der Waals surface area (Å²) >= 11 is 0. The molecule has 1 aliphatic heterocycles. The molecule has 2 heterocycles. The van der Waals surface area contributed by atoms with Crippen molar-refractivity contribution in [2.45, 2.75) is 18.8 Å². The fraction of sp³-hybridized carbons (Fsp3) is 0.385. The van der Waals surface area contributed by atoms with Gasteiger partial charge in [0.2, 0.25) is 0 Å². The summed E-state index contributed by atoms with van der Waals surface area (Å²) in [6, 6.07) is 6.00. The number of aromatic nitrogens is 3. The predicted molar refractivity (Wildman–Crippen MR) is 69.0 cm³/mol. The van der Waals surface area contributed by atoms with Crippen molar-refractivity contribution >= 4 is 0 Å². The van der Waals surface area contributed by atoms with Gasteiger partial charge in [0.1, 0.15) is 11.6 Å². The summed E-state index contributed by atoms with van der Waals surface area (Å²) in [6.45, 7) is 1.78. The number of halogens is 1. The molecule has 19 heavy (non-hydrogen) atoms. The zero-order chi connectivity index (χ0) is 13.2. The third-order valence-electron chi connectivity index (χ3n) is 3.43. The summed E-state index contributed by atoms with van der Waals surface area (Å²) in [4.78, 5) is 11.9. The van der Waals surface area contributed by atoms with Crippen LogP contribution in [0.25, 0.3) is 5.69 Å². The van der Waals surface area contributed by atoms with E-state index in [-0.39, 0.29) is 17.4 Å². The normalized spacial score (nSPS) is 19.5. The Morgan fingerprint density at radius 3 is 3.05 bits per heavy atom. The average molecular weight is 262 g/mol. The Labute approximate surface area is 109 Å². The quantitative estimate of drug-likeness (QED) is 0.854. The second-order valence-corrected chi connectivity index (χ2v) is 4.75. The van der Waals surface area contributed by atoms with Crippen molar-refractivity contribution in [3.8, 4) is 5.69 Å². The standard InChI is InChI=1S/C13H15FN4O/c14-10-4-1-5-11(7-10)18-12(16-17-13(18)19)9-3-2-6-15-8-9/h1,4-5,7,9,15H,2-3,6,8H2,(H,17,19). The van der Waals surface area contributed by atoms with Crippen LogP contribution in [0.5, 0.6) is 0 Å².